The molecule has 2 aromatic rings. The smallest absolute Gasteiger partial charge is 0.286 e. The number of amidine groups is 1. The van der Waals surface area contributed by atoms with Gasteiger partial charge in [0.05, 0.1) is 17.2 Å². The number of nitriles is 1. The number of ketones is 2. The third-order valence-electron chi connectivity index (χ3n) is 6.44. The third kappa shape index (κ3) is 3.78. The topological polar surface area (TPSA) is 128 Å². The van der Waals surface area contributed by atoms with Gasteiger partial charge in [-0.05, 0) is 36.6 Å². The van der Waals surface area contributed by atoms with Crippen molar-refractivity contribution in [3.8, 4) is 6.07 Å². The molecule has 0 fully saturated rings. The standard InChI is InChI=1S/C25H26N4O4S/c1-3-11-25(12-4-2)18-8-6-5-7-17(18)22(30)21(23(25)31)24-28-19-10-9-16(27-14-13-26)15-20(19)34(32,33)29-24/h5-10,15,21,27H,3-4,11-12,14H2,1-2H3,(H,28,29). The highest BCUT2D eigenvalue weighted by Crippen LogP contribution is 2.45. The molecule has 1 aliphatic heterocycles. The number of carbonyl (C=O) groups excluding carboxylic acids is 2. The van der Waals surface area contributed by atoms with E-state index < -0.39 is 27.1 Å². The highest BCUT2D eigenvalue weighted by atomic mass is 32.2. The number of rotatable bonds is 7. The first-order chi connectivity index (χ1) is 16.3. The van der Waals surface area contributed by atoms with Crippen molar-refractivity contribution in [2.24, 2.45) is 10.3 Å². The number of anilines is 2. The minimum absolute atomic E-state index is 0.0161. The van der Waals surface area contributed by atoms with E-state index in [1.807, 2.05) is 32.0 Å². The van der Waals surface area contributed by atoms with Crippen LogP contribution in [-0.2, 0) is 20.2 Å². The fourth-order valence-electron chi connectivity index (χ4n) is 5.10. The van der Waals surface area contributed by atoms with Crippen molar-refractivity contribution < 1.29 is 18.0 Å². The molecule has 1 unspecified atom stereocenters. The molecule has 2 aromatic carbocycles. The molecule has 0 radical (unpaired) electrons. The number of carbonyl (C=O) groups is 2. The van der Waals surface area contributed by atoms with Gasteiger partial charge in [-0.3, -0.25) is 9.59 Å². The Kier molecular flexibility index (Phi) is 6.28. The fraction of sp³-hybridized carbons (Fsp3) is 0.360. The molecule has 1 aliphatic carbocycles. The number of hydrogen-bond donors (Lipinski definition) is 2. The van der Waals surface area contributed by atoms with Crippen molar-refractivity contribution in [3.63, 3.8) is 0 Å². The summed E-state index contributed by atoms with van der Waals surface area (Å²) in [7, 11) is -4.18. The number of nitrogens with zero attached hydrogens (tertiary/aromatic N) is 2. The van der Waals surface area contributed by atoms with Crippen LogP contribution < -0.4 is 10.6 Å². The molecule has 2 aliphatic rings. The van der Waals surface area contributed by atoms with Gasteiger partial charge < -0.3 is 10.6 Å². The molecular weight excluding hydrogens is 452 g/mol. The van der Waals surface area contributed by atoms with Gasteiger partial charge in [0, 0.05) is 11.3 Å². The molecule has 0 amide bonds. The molecule has 0 bridgehead atoms. The number of benzene rings is 2. The van der Waals surface area contributed by atoms with E-state index in [1.165, 1.54) is 6.07 Å². The molecule has 4 rings (SSSR count). The van der Waals surface area contributed by atoms with Crippen LogP contribution in [0.2, 0.25) is 0 Å². The molecule has 0 spiro atoms. The molecule has 9 heteroatoms. The normalized spacial score (nSPS) is 19.8. The summed E-state index contributed by atoms with van der Waals surface area (Å²) in [4.78, 5) is 27.5. The van der Waals surface area contributed by atoms with E-state index in [1.54, 1.807) is 24.3 Å². The van der Waals surface area contributed by atoms with E-state index in [4.69, 9.17) is 5.26 Å². The number of nitrogens with one attached hydrogen (secondary N) is 2. The molecule has 0 aromatic heterocycles. The zero-order valence-electron chi connectivity index (χ0n) is 19.1. The molecule has 34 heavy (non-hydrogen) atoms. The second-order valence-corrected chi connectivity index (χ2v) is 10.2. The lowest BCUT2D eigenvalue weighted by Crippen LogP contribution is -2.52. The molecular formula is C25H26N4O4S. The summed E-state index contributed by atoms with van der Waals surface area (Å²) in [6.45, 7) is 4.00. The average molecular weight is 479 g/mol. The minimum Gasteiger partial charge on any atom is -0.372 e. The van der Waals surface area contributed by atoms with Gasteiger partial charge in [0.15, 0.2) is 11.6 Å². The lowest BCUT2D eigenvalue weighted by Gasteiger charge is -2.41. The van der Waals surface area contributed by atoms with Crippen LogP contribution >= 0.6 is 0 Å². The highest BCUT2D eigenvalue weighted by Gasteiger charge is 2.53. The molecule has 176 valence electrons. The van der Waals surface area contributed by atoms with Crippen LogP contribution in [0.25, 0.3) is 0 Å². The van der Waals surface area contributed by atoms with Gasteiger partial charge in [-0.2, -0.15) is 13.7 Å². The highest BCUT2D eigenvalue weighted by molar-refractivity contribution is 7.90. The van der Waals surface area contributed by atoms with Crippen LogP contribution in [0, 0.1) is 17.2 Å². The summed E-state index contributed by atoms with van der Waals surface area (Å²) >= 11 is 0. The van der Waals surface area contributed by atoms with Gasteiger partial charge in [0.1, 0.15) is 23.2 Å². The Balaban J connectivity index is 1.83. The van der Waals surface area contributed by atoms with Crippen LogP contribution in [-0.4, -0.2) is 32.4 Å². The number of sulfonamides is 1. The molecule has 2 N–H and O–H groups in total. The van der Waals surface area contributed by atoms with Crippen molar-refractivity contribution >= 4 is 38.8 Å². The Morgan fingerprint density at radius 2 is 1.82 bits per heavy atom. The van der Waals surface area contributed by atoms with Gasteiger partial charge in [-0.15, -0.1) is 4.40 Å². The Bertz CT molecular complexity index is 1330. The van der Waals surface area contributed by atoms with E-state index in [0.717, 1.165) is 18.4 Å². The Morgan fingerprint density at radius 3 is 2.50 bits per heavy atom. The van der Waals surface area contributed by atoms with Crippen LogP contribution in [0.5, 0.6) is 0 Å². The Hall–Kier alpha value is -3.51. The second-order valence-electron chi connectivity index (χ2n) is 8.59. The minimum atomic E-state index is -4.18. The zero-order chi connectivity index (χ0) is 24.5. The van der Waals surface area contributed by atoms with Crippen LogP contribution in [0.3, 0.4) is 0 Å². The van der Waals surface area contributed by atoms with E-state index in [2.05, 4.69) is 15.0 Å². The predicted octanol–water partition coefficient (Wildman–Crippen LogP) is 4.05. The number of Topliss-reactive ketones (excluding diaryl/α,β-unsaturated/α-hetero) is 2. The van der Waals surface area contributed by atoms with Crippen molar-refractivity contribution in [1.82, 2.24) is 0 Å². The van der Waals surface area contributed by atoms with Crippen LogP contribution in [0.1, 0.15) is 55.5 Å². The zero-order valence-corrected chi connectivity index (χ0v) is 19.9. The predicted molar refractivity (Wildman–Crippen MR) is 130 cm³/mol. The van der Waals surface area contributed by atoms with E-state index in [0.29, 0.717) is 24.1 Å². The van der Waals surface area contributed by atoms with Crippen LogP contribution in [0.15, 0.2) is 51.8 Å². The molecule has 1 atom stereocenters. The first kappa shape index (κ1) is 23.6. The van der Waals surface area contributed by atoms with E-state index in [-0.39, 0.29) is 28.7 Å². The summed E-state index contributed by atoms with van der Waals surface area (Å²) in [6.07, 6.45) is 2.59. The maximum Gasteiger partial charge on any atom is 0.286 e. The Morgan fingerprint density at radius 1 is 1.12 bits per heavy atom. The van der Waals surface area contributed by atoms with E-state index in [9.17, 15) is 18.0 Å². The maximum absolute atomic E-state index is 14.0. The third-order valence-corrected chi connectivity index (χ3v) is 7.77. The van der Waals surface area contributed by atoms with Gasteiger partial charge in [-0.25, -0.2) is 0 Å². The SMILES string of the molecule is CCCC1(CCC)C(=O)C(C2=NS(=O)(=O)c3cc(NCC#N)ccc3N2)C(=O)c2ccccc21. The van der Waals surface area contributed by atoms with Crippen molar-refractivity contribution in [1.29, 1.82) is 5.26 Å². The van der Waals surface area contributed by atoms with E-state index >= 15 is 0 Å². The average Bonchev–Trinajstić information content (AvgIpc) is 2.81. The monoisotopic (exact) mass is 478 g/mol. The first-order valence-electron chi connectivity index (χ1n) is 11.3. The lowest BCUT2D eigenvalue weighted by molar-refractivity contribution is -0.126. The second kappa shape index (κ2) is 9.03. The number of fused-ring (bicyclic) bond motifs is 2. The summed E-state index contributed by atoms with van der Waals surface area (Å²) in [5.41, 5.74) is 0.977. The van der Waals surface area contributed by atoms with Gasteiger partial charge in [-0.1, -0.05) is 51.0 Å². The lowest BCUT2D eigenvalue weighted by atomic mass is 9.60. The quantitative estimate of drug-likeness (QED) is 0.454. The van der Waals surface area contributed by atoms with Gasteiger partial charge in [0.25, 0.3) is 10.0 Å². The maximum atomic E-state index is 14.0. The number of hydrogen-bond acceptors (Lipinski definition) is 7. The summed E-state index contributed by atoms with van der Waals surface area (Å²) < 4.78 is 30.1. The molecule has 1 heterocycles. The summed E-state index contributed by atoms with van der Waals surface area (Å²) in [5, 5.41) is 14.5. The summed E-state index contributed by atoms with van der Waals surface area (Å²) in [6, 6.07) is 13.6. The van der Waals surface area contributed by atoms with Crippen molar-refractivity contribution in [2.75, 3.05) is 17.2 Å². The van der Waals surface area contributed by atoms with Crippen molar-refractivity contribution in [2.45, 2.75) is 49.8 Å². The van der Waals surface area contributed by atoms with Crippen LogP contribution in [0.4, 0.5) is 11.4 Å². The summed E-state index contributed by atoms with van der Waals surface area (Å²) in [5.74, 6) is -2.24. The first-order valence-corrected chi connectivity index (χ1v) is 12.8. The van der Waals surface area contributed by atoms with Crippen molar-refractivity contribution in [3.05, 3.63) is 53.6 Å². The largest absolute Gasteiger partial charge is 0.372 e. The molecule has 0 saturated heterocycles. The Labute approximate surface area is 199 Å². The van der Waals surface area contributed by atoms with Gasteiger partial charge >= 0.3 is 0 Å². The fourth-order valence-corrected chi connectivity index (χ4v) is 6.28. The molecule has 8 nitrogen and oxygen atoms in total. The van der Waals surface area contributed by atoms with Gasteiger partial charge in [0.2, 0.25) is 0 Å². The molecule has 0 saturated carbocycles.